The Bertz CT molecular complexity index is 552. The molecule has 10 atom stereocenters. The lowest BCUT2D eigenvalue weighted by molar-refractivity contribution is -0.342. The molecule has 1 aliphatic carbocycles. The van der Waals surface area contributed by atoms with Crippen molar-refractivity contribution < 1.29 is 49.3 Å². The zero-order valence-electron chi connectivity index (χ0n) is 14.8. The molecule has 0 amide bonds. The largest absolute Gasteiger partial charge is 0.472 e. The Labute approximate surface area is 155 Å². The predicted molar refractivity (Wildman–Crippen MR) is 86.6 cm³/mol. The van der Waals surface area contributed by atoms with Crippen molar-refractivity contribution in [2.75, 3.05) is 13.2 Å². The van der Waals surface area contributed by atoms with Gasteiger partial charge in [-0.15, -0.1) is 0 Å². The van der Waals surface area contributed by atoms with E-state index >= 15 is 0 Å². The van der Waals surface area contributed by atoms with Crippen molar-refractivity contribution in [3.63, 3.8) is 0 Å². The van der Waals surface area contributed by atoms with Crippen LogP contribution in [0.2, 0.25) is 0 Å². The fraction of sp³-hybridized carbons (Fsp3) is 0.824. The Morgan fingerprint density at radius 2 is 1.89 bits per heavy atom. The van der Waals surface area contributed by atoms with Gasteiger partial charge in [0.15, 0.2) is 6.29 Å². The van der Waals surface area contributed by atoms with E-state index in [4.69, 9.17) is 18.9 Å². The van der Waals surface area contributed by atoms with Crippen molar-refractivity contribution in [3.05, 3.63) is 12.3 Å². The van der Waals surface area contributed by atoms with Gasteiger partial charge in [-0.25, -0.2) is 0 Å². The summed E-state index contributed by atoms with van der Waals surface area (Å²) >= 11 is 0. The van der Waals surface area contributed by atoms with E-state index in [0.717, 1.165) is 0 Å². The van der Waals surface area contributed by atoms with Gasteiger partial charge in [-0.05, 0) is 12.5 Å². The summed E-state index contributed by atoms with van der Waals surface area (Å²) in [5.41, 5.74) is 0. The molecule has 0 aromatic rings. The standard InChI is InChI=1S/C17H26O10/c1-7(19)25-6-8-4-10(20)9-2-3-24-16(12(8)9)27-17-15(23)14(22)13(21)11(5-18)26-17/h2-3,8-18,20-23H,4-6H2,1H3/t8?,9?,10?,11-,12?,13-,14+,15-,16?,17+/m1/s1. The second-order valence-corrected chi connectivity index (χ2v) is 7.19. The zero-order valence-corrected chi connectivity index (χ0v) is 14.8. The second kappa shape index (κ2) is 8.39. The fourth-order valence-electron chi connectivity index (χ4n) is 4.00. The highest BCUT2D eigenvalue weighted by Gasteiger charge is 2.51. The molecular weight excluding hydrogens is 364 g/mol. The van der Waals surface area contributed by atoms with E-state index in [-0.39, 0.29) is 24.4 Å². The minimum absolute atomic E-state index is 0.0826. The first-order valence-corrected chi connectivity index (χ1v) is 8.93. The smallest absolute Gasteiger partial charge is 0.302 e. The summed E-state index contributed by atoms with van der Waals surface area (Å²) in [6.07, 6.45) is -5.23. The highest BCUT2D eigenvalue weighted by atomic mass is 16.8. The van der Waals surface area contributed by atoms with E-state index in [1.165, 1.54) is 13.2 Å². The lowest BCUT2D eigenvalue weighted by atomic mass is 9.87. The minimum Gasteiger partial charge on any atom is -0.472 e. The summed E-state index contributed by atoms with van der Waals surface area (Å²) in [6.45, 7) is 0.803. The second-order valence-electron chi connectivity index (χ2n) is 7.19. The first kappa shape index (κ1) is 20.5. The number of carbonyl (C=O) groups excluding carboxylic acids is 1. The molecule has 10 nitrogen and oxygen atoms in total. The molecule has 5 unspecified atom stereocenters. The van der Waals surface area contributed by atoms with Crippen molar-refractivity contribution in [1.29, 1.82) is 0 Å². The molecule has 154 valence electrons. The monoisotopic (exact) mass is 390 g/mol. The van der Waals surface area contributed by atoms with E-state index in [0.29, 0.717) is 6.42 Å². The van der Waals surface area contributed by atoms with Gasteiger partial charge in [0.2, 0.25) is 6.29 Å². The molecule has 0 spiro atoms. The normalized spacial score (nSPS) is 46.6. The van der Waals surface area contributed by atoms with Gasteiger partial charge in [0, 0.05) is 24.7 Å². The predicted octanol–water partition coefficient (Wildman–Crippen LogP) is -2.15. The van der Waals surface area contributed by atoms with Crippen LogP contribution in [0.25, 0.3) is 0 Å². The molecule has 0 bridgehead atoms. The number of aliphatic hydroxyl groups excluding tert-OH is 5. The topological polar surface area (TPSA) is 155 Å². The summed E-state index contributed by atoms with van der Waals surface area (Å²) in [5, 5.41) is 49.5. The molecule has 27 heavy (non-hydrogen) atoms. The van der Waals surface area contributed by atoms with Gasteiger partial charge in [-0.3, -0.25) is 4.79 Å². The van der Waals surface area contributed by atoms with Crippen LogP contribution >= 0.6 is 0 Å². The van der Waals surface area contributed by atoms with Gasteiger partial charge in [-0.1, -0.05) is 0 Å². The third kappa shape index (κ3) is 4.11. The van der Waals surface area contributed by atoms with Crippen molar-refractivity contribution in [1.82, 2.24) is 0 Å². The fourth-order valence-corrected chi connectivity index (χ4v) is 4.00. The number of hydrogen-bond acceptors (Lipinski definition) is 10. The Kier molecular flexibility index (Phi) is 6.36. The number of aliphatic hydroxyl groups is 5. The maximum atomic E-state index is 11.1. The molecule has 0 radical (unpaired) electrons. The average Bonchev–Trinajstić information content (AvgIpc) is 2.97. The third-order valence-electron chi connectivity index (χ3n) is 5.42. The summed E-state index contributed by atoms with van der Waals surface area (Å²) < 4.78 is 21.7. The van der Waals surface area contributed by atoms with Gasteiger partial charge in [-0.2, -0.15) is 0 Å². The van der Waals surface area contributed by atoms with Crippen molar-refractivity contribution in [2.24, 2.45) is 17.8 Å². The molecule has 5 N–H and O–H groups in total. The zero-order chi connectivity index (χ0) is 19.7. The van der Waals surface area contributed by atoms with Crippen LogP contribution in [-0.2, 0) is 23.7 Å². The lowest BCUT2D eigenvalue weighted by Gasteiger charge is -2.42. The van der Waals surface area contributed by atoms with Crippen LogP contribution in [0.3, 0.4) is 0 Å². The molecule has 2 aliphatic heterocycles. The SMILES string of the molecule is CC(=O)OCC1CC(O)C2C=COC(O[C@@H]3O[C@H](CO)[C@@H](O)[C@H](O)[C@H]3O)C12. The van der Waals surface area contributed by atoms with Crippen molar-refractivity contribution >= 4 is 5.97 Å². The molecule has 1 saturated heterocycles. The van der Waals surface area contributed by atoms with Crippen LogP contribution in [0, 0.1) is 17.8 Å². The van der Waals surface area contributed by atoms with Gasteiger partial charge >= 0.3 is 5.97 Å². The molecule has 2 heterocycles. The van der Waals surface area contributed by atoms with Gasteiger partial charge < -0.3 is 44.5 Å². The summed E-state index contributed by atoms with van der Waals surface area (Å²) in [7, 11) is 0. The van der Waals surface area contributed by atoms with Crippen LogP contribution in [0.15, 0.2) is 12.3 Å². The molecule has 3 aliphatic rings. The van der Waals surface area contributed by atoms with E-state index in [2.05, 4.69) is 0 Å². The first-order chi connectivity index (χ1) is 12.8. The van der Waals surface area contributed by atoms with Crippen LogP contribution in [0.1, 0.15) is 13.3 Å². The molecule has 0 aromatic heterocycles. The van der Waals surface area contributed by atoms with Gasteiger partial charge in [0.1, 0.15) is 24.4 Å². The average molecular weight is 390 g/mol. The molecule has 10 heteroatoms. The number of rotatable bonds is 5. The summed E-state index contributed by atoms with van der Waals surface area (Å²) in [5.74, 6) is -1.36. The number of fused-ring (bicyclic) bond motifs is 1. The Morgan fingerprint density at radius 3 is 2.56 bits per heavy atom. The molecular formula is C17H26O10. The molecule has 1 saturated carbocycles. The van der Waals surface area contributed by atoms with Crippen LogP contribution in [0.4, 0.5) is 0 Å². The Balaban J connectivity index is 1.73. The Morgan fingerprint density at radius 1 is 1.15 bits per heavy atom. The van der Waals surface area contributed by atoms with Crippen LogP contribution < -0.4 is 0 Å². The quantitative estimate of drug-likeness (QED) is 0.328. The number of ether oxygens (including phenoxy) is 4. The van der Waals surface area contributed by atoms with Gasteiger partial charge in [0.25, 0.3) is 0 Å². The highest BCUT2D eigenvalue weighted by Crippen LogP contribution is 2.44. The van der Waals surface area contributed by atoms with Crippen molar-refractivity contribution in [2.45, 2.75) is 56.4 Å². The molecule has 3 rings (SSSR count). The number of hydrogen-bond donors (Lipinski definition) is 5. The van der Waals surface area contributed by atoms with Gasteiger partial charge in [0.05, 0.1) is 25.6 Å². The minimum atomic E-state index is -1.57. The lowest BCUT2D eigenvalue weighted by Crippen LogP contribution is -2.60. The number of esters is 1. The maximum Gasteiger partial charge on any atom is 0.302 e. The van der Waals surface area contributed by atoms with E-state index in [1.807, 2.05) is 0 Å². The van der Waals surface area contributed by atoms with E-state index < -0.39 is 55.7 Å². The molecule has 0 aromatic carbocycles. The van der Waals surface area contributed by atoms with Crippen LogP contribution in [0.5, 0.6) is 0 Å². The first-order valence-electron chi connectivity index (χ1n) is 8.93. The van der Waals surface area contributed by atoms with Crippen molar-refractivity contribution in [3.8, 4) is 0 Å². The maximum absolute atomic E-state index is 11.1. The molecule has 2 fully saturated rings. The summed E-state index contributed by atoms with van der Waals surface area (Å²) in [4.78, 5) is 11.1. The number of carbonyl (C=O) groups is 1. The van der Waals surface area contributed by atoms with E-state index in [9.17, 15) is 30.3 Å². The highest BCUT2D eigenvalue weighted by molar-refractivity contribution is 5.65. The summed E-state index contributed by atoms with van der Waals surface area (Å²) in [6, 6.07) is 0. The van der Waals surface area contributed by atoms with Crippen LogP contribution in [-0.4, -0.2) is 87.8 Å². The third-order valence-corrected chi connectivity index (χ3v) is 5.42. The Hall–Kier alpha value is -1.27. The van der Waals surface area contributed by atoms with E-state index in [1.54, 1.807) is 6.08 Å².